The minimum absolute atomic E-state index is 0. The van der Waals surface area contributed by atoms with Crippen LogP contribution in [0.15, 0.2) is 24.3 Å². The molecule has 1 amide bonds. The Bertz CT molecular complexity index is 307. The van der Waals surface area contributed by atoms with Crippen LogP contribution in [0.25, 0.3) is 0 Å². The molecule has 0 fully saturated rings. The van der Waals surface area contributed by atoms with Crippen LogP contribution in [-0.4, -0.2) is 5.91 Å². The van der Waals surface area contributed by atoms with Gasteiger partial charge in [-0.05, 0) is 23.6 Å². The van der Waals surface area contributed by atoms with Crippen LogP contribution in [-0.2, 0) is 4.79 Å². The SMILES string of the molecule is CC.CC(=O)Nc1ccc(C(C)C)cc1.CCC.[HH]. The summed E-state index contributed by atoms with van der Waals surface area (Å²) in [4.78, 5) is 10.7. The third-order valence-corrected chi connectivity index (χ3v) is 1.90. The molecule has 1 aromatic rings. The number of hydrogen-bond acceptors (Lipinski definition) is 1. The van der Waals surface area contributed by atoms with Crippen LogP contribution in [0.4, 0.5) is 5.69 Å². The summed E-state index contributed by atoms with van der Waals surface area (Å²) in [6, 6.07) is 7.93. The van der Waals surface area contributed by atoms with Crippen molar-refractivity contribution in [3.8, 4) is 0 Å². The van der Waals surface area contributed by atoms with E-state index in [9.17, 15) is 4.79 Å². The van der Waals surface area contributed by atoms with Crippen molar-refractivity contribution in [2.45, 2.75) is 60.8 Å². The number of benzene rings is 1. The summed E-state index contributed by atoms with van der Waals surface area (Å²) in [5, 5.41) is 2.73. The molecule has 0 saturated heterocycles. The molecule has 1 aromatic carbocycles. The smallest absolute Gasteiger partial charge is 0.221 e. The van der Waals surface area contributed by atoms with E-state index in [1.807, 2.05) is 38.1 Å². The number of nitrogens with one attached hydrogen (secondary N) is 1. The van der Waals surface area contributed by atoms with Crippen molar-refractivity contribution in [1.82, 2.24) is 0 Å². The molecule has 2 nitrogen and oxygen atoms in total. The van der Waals surface area contributed by atoms with E-state index in [-0.39, 0.29) is 7.33 Å². The van der Waals surface area contributed by atoms with Gasteiger partial charge in [-0.25, -0.2) is 0 Å². The molecular weight excluding hydrogens is 222 g/mol. The zero-order chi connectivity index (χ0) is 14.6. The number of carbonyl (C=O) groups excluding carboxylic acids is 1. The van der Waals surface area contributed by atoms with Crippen LogP contribution in [0.5, 0.6) is 0 Å². The first-order chi connectivity index (χ1) is 8.51. The first-order valence-corrected chi connectivity index (χ1v) is 6.88. The summed E-state index contributed by atoms with van der Waals surface area (Å²) in [7, 11) is 0. The third kappa shape index (κ3) is 9.88. The fourth-order valence-electron chi connectivity index (χ4n) is 1.15. The summed E-state index contributed by atoms with van der Waals surface area (Å²) < 4.78 is 0. The molecule has 0 radical (unpaired) electrons. The number of rotatable bonds is 2. The summed E-state index contributed by atoms with van der Waals surface area (Å²) in [6.45, 7) is 14.1. The van der Waals surface area contributed by atoms with Crippen LogP contribution in [0.3, 0.4) is 0 Å². The zero-order valence-corrected chi connectivity index (χ0v) is 13.0. The summed E-state index contributed by atoms with van der Waals surface area (Å²) in [6.07, 6.45) is 1.25. The molecule has 0 unspecified atom stereocenters. The van der Waals surface area contributed by atoms with E-state index in [0.29, 0.717) is 5.92 Å². The minimum atomic E-state index is -0.0303. The lowest BCUT2D eigenvalue weighted by atomic mass is 10.0. The van der Waals surface area contributed by atoms with Gasteiger partial charge in [0.2, 0.25) is 5.91 Å². The molecule has 1 N–H and O–H groups in total. The van der Waals surface area contributed by atoms with E-state index in [0.717, 1.165) is 5.69 Å². The highest BCUT2D eigenvalue weighted by atomic mass is 16.1. The molecule has 106 valence electrons. The first kappa shape index (κ1) is 19.0. The number of hydrogen-bond donors (Lipinski definition) is 1. The largest absolute Gasteiger partial charge is 0.326 e. The van der Waals surface area contributed by atoms with Crippen molar-refractivity contribution in [2.75, 3.05) is 5.32 Å². The Morgan fingerprint density at radius 2 is 1.56 bits per heavy atom. The summed E-state index contributed by atoms with van der Waals surface area (Å²) >= 11 is 0. The Hall–Kier alpha value is -1.31. The van der Waals surface area contributed by atoms with Crippen LogP contribution >= 0.6 is 0 Å². The molecule has 0 aliphatic rings. The molecule has 18 heavy (non-hydrogen) atoms. The Morgan fingerprint density at radius 3 is 1.83 bits per heavy atom. The predicted octanol–water partition coefficient (Wildman–Crippen LogP) is 5.46. The van der Waals surface area contributed by atoms with Crippen molar-refractivity contribution in [2.24, 2.45) is 0 Å². The Morgan fingerprint density at radius 1 is 1.17 bits per heavy atom. The van der Waals surface area contributed by atoms with E-state index >= 15 is 0 Å². The zero-order valence-electron chi connectivity index (χ0n) is 13.0. The number of amides is 1. The Labute approximate surface area is 114 Å². The van der Waals surface area contributed by atoms with Crippen LogP contribution in [0, 0.1) is 0 Å². The molecule has 1 rings (SSSR count). The fourth-order valence-corrected chi connectivity index (χ4v) is 1.15. The van der Waals surface area contributed by atoms with E-state index in [4.69, 9.17) is 0 Å². The topological polar surface area (TPSA) is 29.1 Å². The van der Waals surface area contributed by atoms with Crippen LogP contribution in [0.1, 0.15) is 67.8 Å². The Kier molecular flexibility index (Phi) is 12.9. The average Bonchev–Trinajstić information content (AvgIpc) is 2.32. The van der Waals surface area contributed by atoms with E-state index < -0.39 is 0 Å². The predicted molar refractivity (Wildman–Crippen MR) is 84.3 cm³/mol. The second-order valence-electron chi connectivity index (χ2n) is 4.17. The van der Waals surface area contributed by atoms with E-state index in [1.165, 1.54) is 18.9 Å². The monoisotopic (exact) mass is 253 g/mol. The van der Waals surface area contributed by atoms with Gasteiger partial charge < -0.3 is 5.32 Å². The second kappa shape index (κ2) is 12.2. The summed E-state index contributed by atoms with van der Waals surface area (Å²) in [5.41, 5.74) is 2.14. The maximum atomic E-state index is 10.7. The van der Waals surface area contributed by atoms with Crippen molar-refractivity contribution in [1.29, 1.82) is 0 Å². The molecule has 0 bridgehead atoms. The second-order valence-corrected chi connectivity index (χ2v) is 4.17. The van der Waals surface area contributed by atoms with Crippen molar-refractivity contribution >= 4 is 11.6 Å². The standard InChI is InChI=1S/C11H15NO.C3H8.C2H6.H2/c1-8(2)10-4-6-11(7-5-10)12-9(3)13;1-3-2;1-2;/h4-8H,1-3H3,(H,12,13);3H2,1-2H3;1-2H3;1H. The van der Waals surface area contributed by atoms with Gasteiger partial charge in [-0.15, -0.1) is 0 Å². The van der Waals surface area contributed by atoms with Gasteiger partial charge in [-0.1, -0.05) is 60.1 Å². The first-order valence-electron chi connectivity index (χ1n) is 6.88. The average molecular weight is 253 g/mol. The van der Waals surface area contributed by atoms with Gasteiger partial charge >= 0.3 is 0 Å². The minimum Gasteiger partial charge on any atom is -0.326 e. The van der Waals surface area contributed by atoms with E-state index in [1.54, 1.807) is 0 Å². The maximum Gasteiger partial charge on any atom is 0.221 e. The third-order valence-electron chi connectivity index (χ3n) is 1.90. The van der Waals surface area contributed by atoms with Crippen molar-refractivity contribution in [3.63, 3.8) is 0 Å². The van der Waals surface area contributed by atoms with Gasteiger partial charge in [-0.2, -0.15) is 0 Å². The highest BCUT2D eigenvalue weighted by Crippen LogP contribution is 2.16. The molecule has 0 saturated carbocycles. The van der Waals surface area contributed by atoms with Crippen molar-refractivity contribution < 1.29 is 6.22 Å². The molecule has 0 aromatic heterocycles. The normalized spacial score (nSPS) is 8.67. The maximum absolute atomic E-state index is 10.7. The number of anilines is 1. The van der Waals surface area contributed by atoms with Gasteiger partial charge in [0.05, 0.1) is 0 Å². The highest BCUT2D eigenvalue weighted by molar-refractivity contribution is 5.88. The lowest BCUT2D eigenvalue weighted by molar-refractivity contribution is -0.114. The van der Waals surface area contributed by atoms with Gasteiger partial charge in [0, 0.05) is 14.0 Å². The molecule has 0 heterocycles. The van der Waals surface area contributed by atoms with Gasteiger partial charge in [-0.3, -0.25) is 4.79 Å². The Balaban J connectivity index is -0.000000376. The highest BCUT2D eigenvalue weighted by Gasteiger charge is 1.99. The molecule has 0 aliphatic carbocycles. The molecule has 0 aliphatic heterocycles. The van der Waals surface area contributed by atoms with E-state index in [2.05, 4.69) is 33.0 Å². The van der Waals surface area contributed by atoms with Crippen molar-refractivity contribution in [3.05, 3.63) is 29.8 Å². The summed E-state index contributed by atoms with van der Waals surface area (Å²) in [5.74, 6) is 0.503. The fraction of sp³-hybridized carbons (Fsp3) is 0.562. The van der Waals surface area contributed by atoms with Crippen LogP contribution in [0.2, 0.25) is 0 Å². The molecular formula is C16H31NO. The molecule has 0 spiro atoms. The quantitative estimate of drug-likeness (QED) is 0.745. The number of carbonyl (C=O) groups is 1. The van der Waals surface area contributed by atoms with Gasteiger partial charge in [0.15, 0.2) is 0 Å². The lowest BCUT2D eigenvalue weighted by Crippen LogP contribution is -2.05. The van der Waals surface area contributed by atoms with Gasteiger partial charge in [0.1, 0.15) is 0 Å². The van der Waals surface area contributed by atoms with Gasteiger partial charge in [0.25, 0.3) is 0 Å². The molecule has 0 atom stereocenters. The molecule has 2 heteroatoms. The van der Waals surface area contributed by atoms with Crippen LogP contribution < -0.4 is 5.32 Å². The lowest BCUT2D eigenvalue weighted by Gasteiger charge is -2.06.